The number of esters is 2. The minimum Gasteiger partial charge on any atom is -0.466 e. The first-order valence-corrected chi connectivity index (χ1v) is 8.51. The maximum Gasteiger partial charge on any atom is 0.354 e. The van der Waals surface area contributed by atoms with Gasteiger partial charge in [-0.1, -0.05) is 12.1 Å². The van der Waals surface area contributed by atoms with Crippen molar-refractivity contribution < 1.29 is 19.1 Å². The van der Waals surface area contributed by atoms with Gasteiger partial charge in [0.1, 0.15) is 5.70 Å². The number of carbonyl (C=O) groups excluding carboxylic acids is 2. The third-order valence-electron chi connectivity index (χ3n) is 4.07. The monoisotopic (exact) mass is 380 g/mol. The smallest absolute Gasteiger partial charge is 0.354 e. The molecule has 1 aromatic carbocycles. The largest absolute Gasteiger partial charge is 0.466 e. The van der Waals surface area contributed by atoms with Gasteiger partial charge in [-0.2, -0.15) is 5.10 Å². The number of para-hydroxylation sites is 1. The topological polar surface area (TPSA) is 95.3 Å². The van der Waals surface area contributed by atoms with Gasteiger partial charge in [0.25, 0.3) is 0 Å². The quantitative estimate of drug-likeness (QED) is 0.537. The Bertz CT molecular complexity index is 1080. The fraction of sp³-hybridized carbons (Fsp3) is 0.200. The molecule has 0 radical (unpaired) electrons. The van der Waals surface area contributed by atoms with Crippen molar-refractivity contribution >= 4 is 28.5 Å². The van der Waals surface area contributed by atoms with E-state index in [4.69, 9.17) is 9.72 Å². The average molecular weight is 380 g/mol. The van der Waals surface area contributed by atoms with Gasteiger partial charge in [0.2, 0.25) is 0 Å². The van der Waals surface area contributed by atoms with Crippen LogP contribution in [0.5, 0.6) is 0 Å². The summed E-state index contributed by atoms with van der Waals surface area (Å²) in [6.45, 7) is 3.86. The predicted octanol–water partition coefficient (Wildman–Crippen LogP) is 2.68. The first-order valence-electron chi connectivity index (χ1n) is 8.51. The van der Waals surface area contributed by atoms with Crippen LogP contribution in [0.2, 0.25) is 0 Å². The van der Waals surface area contributed by atoms with E-state index in [1.54, 1.807) is 10.7 Å². The molecule has 0 unspecified atom stereocenters. The van der Waals surface area contributed by atoms with Gasteiger partial charge in [0.05, 0.1) is 37.2 Å². The third kappa shape index (κ3) is 3.85. The van der Waals surface area contributed by atoms with E-state index in [0.717, 1.165) is 22.9 Å². The number of hydrogen-bond acceptors (Lipinski definition) is 7. The summed E-state index contributed by atoms with van der Waals surface area (Å²) in [6, 6.07) is 11.2. The Labute approximate surface area is 161 Å². The number of nitrogens with one attached hydrogen (secondary N) is 1. The molecular weight excluding hydrogens is 360 g/mol. The van der Waals surface area contributed by atoms with Crippen LogP contribution in [0.3, 0.4) is 0 Å². The van der Waals surface area contributed by atoms with Crippen LogP contribution >= 0.6 is 0 Å². The van der Waals surface area contributed by atoms with Gasteiger partial charge in [-0.05, 0) is 38.1 Å². The van der Waals surface area contributed by atoms with Crippen molar-refractivity contribution in [3.63, 3.8) is 0 Å². The zero-order chi connectivity index (χ0) is 20.3. The standard InChI is InChI=1S/C20H20N4O4/c1-12-10-13(2)24(23-12)17-9-8-14-6-5-7-15(19(14)22-17)21-16(20(26)28-4)11-18(25)27-3/h5-11,21H,1-4H3/b16-11+. The zero-order valence-corrected chi connectivity index (χ0v) is 16.0. The first-order chi connectivity index (χ1) is 13.4. The number of nitrogens with zero attached hydrogens (tertiary/aromatic N) is 3. The molecule has 2 heterocycles. The van der Waals surface area contributed by atoms with Gasteiger partial charge in [0.15, 0.2) is 5.82 Å². The number of benzene rings is 1. The number of methoxy groups -OCH3 is 2. The van der Waals surface area contributed by atoms with Crippen molar-refractivity contribution in [2.24, 2.45) is 0 Å². The van der Waals surface area contributed by atoms with Crippen LogP contribution in [0.25, 0.3) is 16.7 Å². The molecule has 8 heteroatoms. The normalized spacial score (nSPS) is 11.4. The van der Waals surface area contributed by atoms with Crippen LogP contribution in [0, 0.1) is 13.8 Å². The lowest BCUT2D eigenvalue weighted by Gasteiger charge is -2.12. The molecule has 0 saturated carbocycles. The third-order valence-corrected chi connectivity index (χ3v) is 4.07. The highest BCUT2D eigenvalue weighted by Gasteiger charge is 2.15. The van der Waals surface area contributed by atoms with Gasteiger partial charge in [-0.25, -0.2) is 19.3 Å². The number of aromatic nitrogens is 3. The van der Waals surface area contributed by atoms with Crippen molar-refractivity contribution in [2.45, 2.75) is 13.8 Å². The molecule has 1 N–H and O–H groups in total. The minimum atomic E-state index is -0.697. The van der Waals surface area contributed by atoms with Crippen LogP contribution in [0.1, 0.15) is 11.4 Å². The van der Waals surface area contributed by atoms with Crippen molar-refractivity contribution in [3.05, 3.63) is 59.6 Å². The highest BCUT2D eigenvalue weighted by Crippen LogP contribution is 2.25. The van der Waals surface area contributed by atoms with Gasteiger partial charge >= 0.3 is 11.9 Å². The van der Waals surface area contributed by atoms with Gasteiger partial charge in [0, 0.05) is 11.1 Å². The molecule has 0 amide bonds. The summed E-state index contributed by atoms with van der Waals surface area (Å²) >= 11 is 0. The molecule has 28 heavy (non-hydrogen) atoms. The predicted molar refractivity (Wildman–Crippen MR) is 104 cm³/mol. The van der Waals surface area contributed by atoms with Gasteiger partial charge < -0.3 is 14.8 Å². The lowest BCUT2D eigenvalue weighted by atomic mass is 10.2. The van der Waals surface area contributed by atoms with Crippen molar-refractivity contribution in [2.75, 3.05) is 19.5 Å². The molecule has 2 aromatic heterocycles. The molecule has 0 spiro atoms. The van der Waals surface area contributed by atoms with Crippen molar-refractivity contribution in [1.82, 2.24) is 14.8 Å². The van der Waals surface area contributed by atoms with Crippen LogP contribution in [0.15, 0.2) is 48.2 Å². The fourth-order valence-electron chi connectivity index (χ4n) is 2.79. The Kier molecular flexibility index (Phi) is 5.39. The fourth-order valence-corrected chi connectivity index (χ4v) is 2.79. The van der Waals surface area contributed by atoms with Crippen molar-refractivity contribution in [1.29, 1.82) is 0 Å². The molecule has 3 aromatic rings. The van der Waals surface area contributed by atoms with Crippen molar-refractivity contribution in [3.8, 4) is 5.82 Å². The van der Waals surface area contributed by atoms with Gasteiger partial charge in [-0.3, -0.25) is 0 Å². The zero-order valence-electron chi connectivity index (χ0n) is 16.0. The maximum absolute atomic E-state index is 12.0. The van der Waals surface area contributed by atoms with E-state index < -0.39 is 11.9 Å². The highest BCUT2D eigenvalue weighted by atomic mass is 16.5. The van der Waals surface area contributed by atoms with Crippen LogP contribution in [0.4, 0.5) is 5.69 Å². The molecule has 3 rings (SSSR count). The number of anilines is 1. The molecule has 0 atom stereocenters. The Morgan fingerprint density at radius 2 is 1.89 bits per heavy atom. The number of pyridine rings is 1. The average Bonchev–Trinajstić information content (AvgIpc) is 3.04. The summed E-state index contributed by atoms with van der Waals surface area (Å²) in [5, 5.41) is 8.25. The number of rotatable bonds is 5. The number of ether oxygens (including phenoxy) is 2. The first kappa shape index (κ1) is 19.1. The maximum atomic E-state index is 12.0. The molecule has 0 aliphatic carbocycles. The summed E-state index contributed by atoms with van der Waals surface area (Å²) in [6.07, 6.45) is 1.04. The number of carbonyl (C=O) groups is 2. The number of hydrogen-bond donors (Lipinski definition) is 1. The Morgan fingerprint density at radius 3 is 2.54 bits per heavy atom. The molecule has 0 saturated heterocycles. The summed E-state index contributed by atoms with van der Waals surface area (Å²) in [4.78, 5) is 28.3. The second-order valence-electron chi connectivity index (χ2n) is 6.08. The molecule has 0 fully saturated rings. The summed E-state index contributed by atoms with van der Waals surface area (Å²) < 4.78 is 11.1. The lowest BCUT2D eigenvalue weighted by Crippen LogP contribution is -2.16. The molecule has 144 valence electrons. The molecule has 8 nitrogen and oxygen atoms in total. The van der Waals surface area contributed by atoms with Gasteiger partial charge in [-0.15, -0.1) is 0 Å². The summed E-state index contributed by atoms with van der Waals surface area (Å²) in [7, 11) is 2.46. The number of fused-ring (bicyclic) bond motifs is 1. The number of aryl methyl sites for hydroxylation is 2. The minimum absolute atomic E-state index is 0.0554. The molecular formula is C20H20N4O4. The van der Waals surface area contributed by atoms with E-state index in [-0.39, 0.29) is 5.70 Å². The molecule has 0 aliphatic heterocycles. The van der Waals surface area contributed by atoms with Crippen LogP contribution in [-0.2, 0) is 19.1 Å². The summed E-state index contributed by atoms with van der Waals surface area (Å²) in [5.41, 5.74) is 2.95. The van der Waals surface area contributed by atoms with E-state index in [2.05, 4.69) is 15.2 Å². The van der Waals surface area contributed by atoms with Crippen LogP contribution in [-0.4, -0.2) is 40.9 Å². The highest BCUT2D eigenvalue weighted by molar-refractivity contribution is 6.01. The summed E-state index contributed by atoms with van der Waals surface area (Å²) in [5.74, 6) is -0.731. The van der Waals surface area contributed by atoms with E-state index in [1.165, 1.54) is 14.2 Å². The van der Waals surface area contributed by atoms with Crippen LogP contribution < -0.4 is 5.32 Å². The Hall–Kier alpha value is -3.68. The molecule has 0 aliphatic rings. The Morgan fingerprint density at radius 1 is 1.11 bits per heavy atom. The SMILES string of the molecule is COC(=O)/C=C(/Nc1cccc2ccc(-n3nc(C)cc3C)nc12)C(=O)OC. The molecule has 0 bridgehead atoms. The second-order valence-corrected chi connectivity index (χ2v) is 6.08. The second kappa shape index (κ2) is 7.91. The lowest BCUT2D eigenvalue weighted by molar-refractivity contribution is -0.138. The van der Waals surface area contributed by atoms with E-state index in [0.29, 0.717) is 17.0 Å². The Balaban J connectivity index is 2.09. The van der Waals surface area contributed by atoms with E-state index >= 15 is 0 Å². The van der Waals surface area contributed by atoms with E-state index in [9.17, 15) is 9.59 Å². The van der Waals surface area contributed by atoms with E-state index in [1.807, 2.05) is 44.2 Å².